The number of rotatable bonds is 7. The highest BCUT2D eigenvalue weighted by atomic mass is 79.9. The maximum absolute atomic E-state index is 12.2. The Morgan fingerprint density at radius 3 is 3.00 bits per heavy atom. The van der Waals surface area contributed by atoms with Crippen LogP contribution in [0, 0.1) is 0 Å². The second kappa shape index (κ2) is 6.91. The third-order valence-electron chi connectivity index (χ3n) is 3.05. The molecule has 20 heavy (non-hydrogen) atoms. The van der Waals surface area contributed by atoms with E-state index in [0.717, 1.165) is 22.3 Å². The molecule has 1 atom stereocenters. The molecule has 1 saturated carbocycles. The summed E-state index contributed by atoms with van der Waals surface area (Å²) in [5, 5.41) is 4.29. The lowest BCUT2D eigenvalue weighted by atomic mass is 10.1. The van der Waals surface area contributed by atoms with Gasteiger partial charge in [0.2, 0.25) is 0 Å². The molecule has 0 saturated heterocycles. The number of carbonyl (C=O) groups excluding carboxylic acids is 1. The van der Waals surface area contributed by atoms with Gasteiger partial charge in [0.05, 0.1) is 6.61 Å². The van der Waals surface area contributed by atoms with E-state index in [9.17, 15) is 4.79 Å². The predicted octanol–water partition coefficient (Wildman–Crippen LogP) is 3.01. The van der Waals surface area contributed by atoms with Crippen molar-refractivity contribution in [2.75, 3.05) is 12.4 Å². The molecule has 0 radical (unpaired) electrons. The fourth-order valence-corrected chi connectivity index (χ4v) is 3.38. The van der Waals surface area contributed by atoms with Crippen LogP contribution < -0.4 is 5.32 Å². The zero-order valence-corrected chi connectivity index (χ0v) is 14.1. The van der Waals surface area contributed by atoms with Crippen molar-refractivity contribution in [1.82, 2.24) is 10.3 Å². The Hall–Kier alpha value is -0.590. The quantitative estimate of drug-likeness (QED) is 0.599. The van der Waals surface area contributed by atoms with E-state index in [1.807, 2.05) is 26.0 Å². The van der Waals surface area contributed by atoms with Gasteiger partial charge in [-0.2, -0.15) is 0 Å². The lowest BCUT2D eigenvalue weighted by Gasteiger charge is -2.28. The Kier molecular flexibility index (Phi) is 5.46. The summed E-state index contributed by atoms with van der Waals surface area (Å²) in [7, 11) is 0. The van der Waals surface area contributed by atoms with E-state index >= 15 is 0 Å². The third kappa shape index (κ3) is 4.20. The van der Waals surface area contributed by atoms with E-state index in [1.165, 1.54) is 0 Å². The van der Waals surface area contributed by atoms with Crippen LogP contribution in [0.2, 0.25) is 0 Å². The van der Waals surface area contributed by atoms with Crippen LogP contribution >= 0.6 is 27.7 Å². The van der Waals surface area contributed by atoms with Gasteiger partial charge in [-0.3, -0.25) is 10.1 Å². The van der Waals surface area contributed by atoms with Gasteiger partial charge in [0.1, 0.15) is 10.6 Å². The molecule has 2 rings (SSSR count). The molecule has 1 aromatic heterocycles. The van der Waals surface area contributed by atoms with Gasteiger partial charge in [0, 0.05) is 22.5 Å². The average molecular weight is 359 g/mol. The van der Waals surface area contributed by atoms with E-state index in [0.29, 0.717) is 18.4 Å². The van der Waals surface area contributed by atoms with Crippen LogP contribution in [0.3, 0.4) is 0 Å². The van der Waals surface area contributed by atoms with Crippen LogP contribution in [-0.4, -0.2) is 34.9 Å². The number of hydrogen-bond acceptors (Lipinski definition) is 5. The molecule has 1 aliphatic carbocycles. The third-order valence-corrected chi connectivity index (χ3v) is 5.27. The van der Waals surface area contributed by atoms with Crippen molar-refractivity contribution in [3.63, 3.8) is 0 Å². The molecule has 4 nitrogen and oxygen atoms in total. The maximum Gasteiger partial charge on any atom is 0.326 e. The van der Waals surface area contributed by atoms with Crippen LogP contribution in [0.5, 0.6) is 0 Å². The number of carbonyl (C=O) groups is 1. The summed E-state index contributed by atoms with van der Waals surface area (Å²) in [6.45, 7) is 4.14. The van der Waals surface area contributed by atoms with Crippen LogP contribution in [0.4, 0.5) is 0 Å². The highest BCUT2D eigenvalue weighted by Crippen LogP contribution is 2.30. The van der Waals surface area contributed by atoms with Crippen LogP contribution in [0.15, 0.2) is 27.8 Å². The van der Waals surface area contributed by atoms with E-state index in [4.69, 9.17) is 4.74 Å². The highest BCUT2D eigenvalue weighted by molar-refractivity contribution is 9.10. The molecule has 1 aromatic rings. The zero-order chi connectivity index (χ0) is 14.6. The predicted molar refractivity (Wildman–Crippen MR) is 83.9 cm³/mol. The number of nitrogens with one attached hydrogen (secondary N) is 1. The highest BCUT2D eigenvalue weighted by Gasteiger charge is 2.39. The van der Waals surface area contributed by atoms with E-state index in [-0.39, 0.29) is 5.97 Å². The van der Waals surface area contributed by atoms with Gasteiger partial charge in [-0.15, -0.1) is 11.8 Å². The van der Waals surface area contributed by atoms with Gasteiger partial charge in [0.15, 0.2) is 0 Å². The number of ether oxygens (including phenoxy) is 1. The average Bonchev–Trinajstić information content (AvgIpc) is 3.22. The molecule has 1 unspecified atom stereocenters. The molecular weight excluding hydrogens is 340 g/mol. The second-order valence-corrected chi connectivity index (χ2v) is 6.87. The monoisotopic (exact) mass is 358 g/mol. The molecule has 1 fully saturated rings. The second-order valence-electron chi connectivity index (χ2n) is 5.05. The number of halogens is 1. The fourth-order valence-electron chi connectivity index (χ4n) is 1.82. The SMILES string of the molecule is CCOC(=O)C(C)(CSc1ncccc1Br)NC1CC1. The molecule has 0 bridgehead atoms. The molecule has 0 spiro atoms. The standard InChI is InChI=1S/C14H19BrN2O2S/c1-3-19-13(18)14(2,17-10-6-7-10)9-20-12-11(15)5-4-8-16-12/h4-5,8,10,17H,3,6-7,9H2,1-2H3. The topological polar surface area (TPSA) is 51.2 Å². The Bertz CT molecular complexity index is 482. The minimum absolute atomic E-state index is 0.188. The number of hydrogen-bond donors (Lipinski definition) is 1. The first-order valence-corrected chi connectivity index (χ1v) is 8.51. The molecule has 1 N–H and O–H groups in total. The Morgan fingerprint density at radius 1 is 1.65 bits per heavy atom. The molecule has 1 aliphatic rings. The number of thioether (sulfide) groups is 1. The molecule has 6 heteroatoms. The maximum atomic E-state index is 12.2. The van der Waals surface area contributed by atoms with Crippen molar-refractivity contribution in [3.8, 4) is 0 Å². The lowest BCUT2D eigenvalue weighted by Crippen LogP contribution is -2.53. The normalized spacial score (nSPS) is 17.6. The summed E-state index contributed by atoms with van der Waals surface area (Å²) in [6, 6.07) is 4.27. The minimum atomic E-state index is -0.668. The van der Waals surface area contributed by atoms with Gasteiger partial charge in [0.25, 0.3) is 0 Å². The van der Waals surface area contributed by atoms with E-state index in [1.54, 1.807) is 18.0 Å². The zero-order valence-electron chi connectivity index (χ0n) is 11.7. The number of nitrogens with zero attached hydrogens (tertiary/aromatic N) is 1. The van der Waals surface area contributed by atoms with E-state index in [2.05, 4.69) is 26.2 Å². The smallest absolute Gasteiger partial charge is 0.326 e. The first-order valence-electron chi connectivity index (χ1n) is 6.73. The molecule has 1 heterocycles. The summed E-state index contributed by atoms with van der Waals surface area (Å²) < 4.78 is 6.15. The van der Waals surface area contributed by atoms with Crippen molar-refractivity contribution in [1.29, 1.82) is 0 Å². The summed E-state index contributed by atoms with van der Waals surface area (Å²) >= 11 is 5.03. The number of esters is 1. The molecule has 0 amide bonds. The molecule has 110 valence electrons. The van der Waals surface area contributed by atoms with Gasteiger partial charge in [-0.05, 0) is 54.8 Å². The summed E-state index contributed by atoms with van der Waals surface area (Å²) in [5.74, 6) is 0.407. The first kappa shape index (κ1) is 15.8. The summed E-state index contributed by atoms with van der Waals surface area (Å²) in [6.07, 6.45) is 4.02. The summed E-state index contributed by atoms with van der Waals surface area (Å²) in [5.41, 5.74) is -0.668. The Balaban J connectivity index is 2.03. The van der Waals surface area contributed by atoms with Crippen molar-refractivity contribution >= 4 is 33.7 Å². The molecule has 0 aliphatic heterocycles. The van der Waals surface area contributed by atoms with Gasteiger partial charge < -0.3 is 4.74 Å². The van der Waals surface area contributed by atoms with E-state index < -0.39 is 5.54 Å². The van der Waals surface area contributed by atoms with Gasteiger partial charge >= 0.3 is 5.97 Å². The van der Waals surface area contributed by atoms with Crippen molar-refractivity contribution in [3.05, 3.63) is 22.8 Å². The first-order chi connectivity index (χ1) is 9.55. The number of pyridine rings is 1. The van der Waals surface area contributed by atoms with Crippen LogP contribution in [0.25, 0.3) is 0 Å². The van der Waals surface area contributed by atoms with Gasteiger partial charge in [-0.25, -0.2) is 4.98 Å². The van der Waals surface area contributed by atoms with Crippen molar-refractivity contribution in [2.45, 2.75) is 43.3 Å². The number of aromatic nitrogens is 1. The largest absolute Gasteiger partial charge is 0.465 e. The Morgan fingerprint density at radius 2 is 2.40 bits per heavy atom. The van der Waals surface area contributed by atoms with Crippen molar-refractivity contribution in [2.24, 2.45) is 0 Å². The summed E-state index contributed by atoms with van der Waals surface area (Å²) in [4.78, 5) is 16.5. The van der Waals surface area contributed by atoms with Crippen LogP contribution in [0.1, 0.15) is 26.7 Å². The van der Waals surface area contributed by atoms with Crippen molar-refractivity contribution < 1.29 is 9.53 Å². The lowest BCUT2D eigenvalue weighted by molar-refractivity contribution is -0.149. The molecular formula is C14H19BrN2O2S. The van der Waals surface area contributed by atoms with Gasteiger partial charge in [-0.1, -0.05) is 0 Å². The minimum Gasteiger partial charge on any atom is -0.465 e. The Labute approximate surface area is 132 Å². The molecule has 0 aromatic carbocycles. The van der Waals surface area contributed by atoms with Crippen LogP contribution in [-0.2, 0) is 9.53 Å². The fraction of sp³-hybridized carbons (Fsp3) is 0.571.